The van der Waals surface area contributed by atoms with Crippen molar-refractivity contribution < 1.29 is 0 Å². The standard InChI is InChI=1S/C28H27N3/c1-31(2)26-14-12-18-7-3-5-9-20(18)24(26)17-25-28-23(15-16-29-25)22-13-11-19-8-4-6-10-21(19)27(22)30-28/h3-14,25,29-30H,15-17H2,1-2H3. The Morgan fingerprint density at radius 3 is 2.32 bits per heavy atom. The zero-order chi connectivity index (χ0) is 20.9. The van der Waals surface area contributed by atoms with Crippen LogP contribution in [-0.4, -0.2) is 25.6 Å². The van der Waals surface area contributed by atoms with Gasteiger partial charge in [-0.15, -0.1) is 0 Å². The van der Waals surface area contributed by atoms with E-state index < -0.39 is 0 Å². The number of H-pyrrole nitrogens is 1. The molecular weight excluding hydrogens is 378 g/mol. The molecule has 31 heavy (non-hydrogen) atoms. The number of benzene rings is 4. The van der Waals surface area contributed by atoms with Crippen LogP contribution in [0.25, 0.3) is 32.4 Å². The number of nitrogens with zero attached hydrogens (tertiary/aromatic N) is 1. The summed E-state index contributed by atoms with van der Waals surface area (Å²) in [5, 5.41) is 10.5. The second-order valence-corrected chi connectivity index (χ2v) is 8.87. The van der Waals surface area contributed by atoms with E-state index in [9.17, 15) is 0 Å². The molecule has 0 saturated carbocycles. The zero-order valence-electron chi connectivity index (χ0n) is 18.1. The summed E-state index contributed by atoms with van der Waals surface area (Å²) in [6.45, 7) is 1.01. The number of rotatable bonds is 3. The van der Waals surface area contributed by atoms with Gasteiger partial charge in [-0.1, -0.05) is 66.7 Å². The number of aromatic amines is 1. The normalized spacial score (nSPS) is 16.1. The molecule has 0 fully saturated rings. The first kappa shape index (κ1) is 18.5. The topological polar surface area (TPSA) is 31.1 Å². The second kappa shape index (κ2) is 7.14. The molecule has 4 aromatic carbocycles. The van der Waals surface area contributed by atoms with Crippen LogP contribution in [0.1, 0.15) is 22.9 Å². The van der Waals surface area contributed by atoms with E-state index in [1.807, 2.05) is 0 Å². The van der Waals surface area contributed by atoms with Gasteiger partial charge in [-0.05, 0) is 52.7 Å². The number of anilines is 1. The van der Waals surface area contributed by atoms with Crippen LogP contribution in [-0.2, 0) is 12.8 Å². The maximum absolute atomic E-state index is 3.85. The first-order valence-corrected chi connectivity index (χ1v) is 11.1. The molecule has 2 N–H and O–H groups in total. The van der Waals surface area contributed by atoms with E-state index in [0.717, 1.165) is 19.4 Å². The van der Waals surface area contributed by atoms with Gasteiger partial charge < -0.3 is 15.2 Å². The SMILES string of the molecule is CN(C)c1ccc2ccccc2c1CC1NCCc2c1[nH]c1c2ccc2ccccc21. The lowest BCUT2D eigenvalue weighted by Gasteiger charge is -2.27. The molecule has 0 spiro atoms. The number of hydrogen-bond donors (Lipinski definition) is 2. The van der Waals surface area contributed by atoms with Crippen molar-refractivity contribution in [2.24, 2.45) is 0 Å². The highest BCUT2D eigenvalue weighted by Gasteiger charge is 2.26. The highest BCUT2D eigenvalue weighted by atomic mass is 15.1. The van der Waals surface area contributed by atoms with Crippen molar-refractivity contribution in [1.29, 1.82) is 0 Å². The summed E-state index contributed by atoms with van der Waals surface area (Å²) in [6, 6.07) is 26.8. The Hall–Kier alpha value is -3.30. The van der Waals surface area contributed by atoms with Crippen molar-refractivity contribution in [2.45, 2.75) is 18.9 Å². The van der Waals surface area contributed by atoms with Crippen LogP contribution >= 0.6 is 0 Å². The van der Waals surface area contributed by atoms with Crippen LogP contribution in [0.2, 0.25) is 0 Å². The molecule has 0 radical (unpaired) electrons. The lowest BCUT2D eigenvalue weighted by atomic mass is 9.91. The fourth-order valence-electron chi connectivity index (χ4n) is 5.39. The molecule has 1 aromatic heterocycles. The van der Waals surface area contributed by atoms with Crippen molar-refractivity contribution in [3.63, 3.8) is 0 Å². The molecule has 0 aliphatic carbocycles. The summed E-state index contributed by atoms with van der Waals surface area (Å²) in [4.78, 5) is 6.09. The smallest absolute Gasteiger partial charge is 0.0539 e. The van der Waals surface area contributed by atoms with Gasteiger partial charge in [-0.25, -0.2) is 0 Å². The highest BCUT2D eigenvalue weighted by Crippen LogP contribution is 2.37. The average molecular weight is 406 g/mol. The zero-order valence-corrected chi connectivity index (χ0v) is 18.1. The molecule has 1 aliphatic rings. The van der Waals surface area contributed by atoms with Crippen molar-refractivity contribution in [3.8, 4) is 0 Å². The number of hydrogen-bond acceptors (Lipinski definition) is 2. The lowest BCUT2D eigenvalue weighted by molar-refractivity contribution is 0.496. The third kappa shape index (κ3) is 2.92. The largest absolute Gasteiger partial charge is 0.377 e. The van der Waals surface area contributed by atoms with Crippen LogP contribution in [0.15, 0.2) is 72.8 Å². The van der Waals surface area contributed by atoms with Crippen LogP contribution in [0, 0.1) is 0 Å². The van der Waals surface area contributed by atoms with Gasteiger partial charge in [0.25, 0.3) is 0 Å². The predicted octanol–water partition coefficient (Wildman–Crippen LogP) is 5.97. The number of nitrogens with one attached hydrogen (secondary N) is 2. The molecule has 6 rings (SSSR count). The molecule has 3 nitrogen and oxygen atoms in total. The first-order valence-electron chi connectivity index (χ1n) is 11.1. The van der Waals surface area contributed by atoms with Crippen LogP contribution in [0.3, 0.4) is 0 Å². The predicted molar refractivity (Wildman–Crippen MR) is 132 cm³/mol. The molecule has 0 bridgehead atoms. The van der Waals surface area contributed by atoms with Gasteiger partial charge >= 0.3 is 0 Å². The van der Waals surface area contributed by atoms with Crippen molar-refractivity contribution in [1.82, 2.24) is 10.3 Å². The van der Waals surface area contributed by atoms with E-state index in [1.54, 1.807) is 0 Å². The summed E-state index contributed by atoms with van der Waals surface area (Å²) >= 11 is 0. The van der Waals surface area contributed by atoms with Gasteiger partial charge in [0.1, 0.15) is 0 Å². The van der Waals surface area contributed by atoms with Gasteiger partial charge in [0.15, 0.2) is 0 Å². The van der Waals surface area contributed by atoms with Crippen molar-refractivity contribution in [2.75, 3.05) is 25.5 Å². The van der Waals surface area contributed by atoms with E-state index in [4.69, 9.17) is 0 Å². The summed E-state index contributed by atoms with van der Waals surface area (Å²) in [6.07, 6.45) is 2.03. The molecule has 1 aliphatic heterocycles. The van der Waals surface area contributed by atoms with Gasteiger partial charge in [-0.2, -0.15) is 0 Å². The summed E-state index contributed by atoms with van der Waals surface area (Å²) in [5.74, 6) is 0. The Morgan fingerprint density at radius 1 is 0.806 bits per heavy atom. The van der Waals surface area contributed by atoms with E-state index in [2.05, 4.69) is 102 Å². The van der Waals surface area contributed by atoms with Gasteiger partial charge in [0.2, 0.25) is 0 Å². The van der Waals surface area contributed by atoms with E-state index in [-0.39, 0.29) is 6.04 Å². The minimum absolute atomic E-state index is 0.277. The van der Waals surface area contributed by atoms with E-state index in [1.165, 1.54) is 55.0 Å². The average Bonchev–Trinajstić information content (AvgIpc) is 3.19. The van der Waals surface area contributed by atoms with Crippen molar-refractivity contribution in [3.05, 3.63) is 89.6 Å². The molecular formula is C28H27N3. The maximum Gasteiger partial charge on any atom is 0.0539 e. The fourth-order valence-corrected chi connectivity index (χ4v) is 5.39. The monoisotopic (exact) mass is 405 g/mol. The molecule has 2 heterocycles. The Morgan fingerprint density at radius 2 is 1.52 bits per heavy atom. The third-order valence-electron chi connectivity index (χ3n) is 6.86. The fraction of sp³-hybridized carbons (Fsp3) is 0.214. The molecule has 1 unspecified atom stereocenters. The summed E-state index contributed by atoms with van der Waals surface area (Å²) < 4.78 is 0. The number of fused-ring (bicyclic) bond motifs is 6. The van der Waals surface area contributed by atoms with Crippen molar-refractivity contribution >= 4 is 38.1 Å². The minimum Gasteiger partial charge on any atom is -0.377 e. The van der Waals surface area contributed by atoms with E-state index in [0.29, 0.717) is 0 Å². The van der Waals surface area contributed by atoms with Crippen LogP contribution in [0.4, 0.5) is 5.69 Å². The Balaban J connectivity index is 1.52. The van der Waals surface area contributed by atoms with Crippen LogP contribution in [0.5, 0.6) is 0 Å². The van der Waals surface area contributed by atoms with Gasteiger partial charge in [-0.3, -0.25) is 0 Å². The third-order valence-corrected chi connectivity index (χ3v) is 6.86. The minimum atomic E-state index is 0.277. The summed E-state index contributed by atoms with van der Waals surface area (Å²) in [5.41, 5.74) is 6.83. The Kier molecular flexibility index (Phi) is 4.25. The quantitative estimate of drug-likeness (QED) is 0.387. The molecule has 3 heteroatoms. The molecule has 0 amide bonds. The van der Waals surface area contributed by atoms with E-state index >= 15 is 0 Å². The first-order chi connectivity index (χ1) is 15.2. The van der Waals surface area contributed by atoms with Gasteiger partial charge in [0.05, 0.1) is 11.6 Å². The Bertz CT molecular complexity index is 1430. The summed E-state index contributed by atoms with van der Waals surface area (Å²) in [7, 11) is 4.28. The van der Waals surface area contributed by atoms with Gasteiger partial charge in [0, 0.05) is 36.2 Å². The molecule has 1 atom stereocenters. The van der Waals surface area contributed by atoms with Crippen LogP contribution < -0.4 is 10.2 Å². The molecule has 5 aromatic rings. The Labute approximate surface area is 182 Å². The maximum atomic E-state index is 3.85. The molecule has 154 valence electrons. The second-order valence-electron chi connectivity index (χ2n) is 8.87. The number of aromatic nitrogens is 1. The lowest BCUT2D eigenvalue weighted by Crippen LogP contribution is -2.31. The highest BCUT2D eigenvalue weighted by molar-refractivity contribution is 6.07. The molecule has 0 saturated heterocycles.